The van der Waals surface area contributed by atoms with Crippen LogP contribution >= 0.6 is 0 Å². The summed E-state index contributed by atoms with van der Waals surface area (Å²) in [6.07, 6.45) is 14.4. The van der Waals surface area contributed by atoms with Gasteiger partial charge in [0.05, 0.1) is 39.0 Å². The van der Waals surface area contributed by atoms with Crippen LogP contribution < -0.4 is 21.3 Å². The number of nitrogens with one attached hydrogen (secondary N) is 4. The van der Waals surface area contributed by atoms with Crippen LogP contribution in [-0.4, -0.2) is 175 Å². The summed E-state index contributed by atoms with van der Waals surface area (Å²) in [5, 5.41) is 56.5. The van der Waals surface area contributed by atoms with Crippen molar-refractivity contribution in [2.45, 2.75) is 198 Å². The van der Waals surface area contributed by atoms with Crippen molar-refractivity contribution in [3.8, 4) is 0 Å². The average Bonchev–Trinajstić information content (AvgIpc) is 3.37. The first kappa shape index (κ1) is 71.6. The Morgan fingerprint density at radius 2 is 0.792 bits per heavy atom. The maximum atomic E-state index is 12.6. The van der Waals surface area contributed by atoms with Crippen molar-refractivity contribution < 1.29 is 97.2 Å². The predicted molar refractivity (Wildman–Crippen MR) is 279 cm³/mol. The summed E-state index contributed by atoms with van der Waals surface area (Å²) < 4.78 is 21.3. The Labute approximate surface area is 452 Å². The number of carboxylic acids is 5. The van der Waals surface area contributed by atoms with E-state index in [4.69, 9.17) is 29.2 Å². The molecule has 77 heavy (non-hydrogen) atoms. The largest absolute Gasteiger partial charge is 0.481 e. The second kappa shape index (κ2) is 47.8. The highest BCUT2D eigenvalue weighted by Gasteiger charge is 2.26. The molecule has 0 saturated carbocycles. The molecule has 0 fully saturated rings. The number of rotatable bonds is 56. The molecule has 0 saturated heterocycles. The van der Waals surface area contributed by atoms with Gasteiger partial charge in [-0.2, -0.15) is 0 Å². The summed E-state index contributed by atoms with van der Waals surface area (Å²) in [6, 6.07) is -3.25. The van der Waals surface area contributed by atoms with Gasteiger partial charge in [-0.05, 0) is 58.4 Å². The van der Waals surface area contributed by atoms with Crippen LogP contribution in [0.2, 0.25) is 0 Å². The Kier molecular flexibility index (Phi) is 44.4. The summed E-state index contributed by atoms with van der Waals surface area (Å²) in [4.78, 5) is 131. The Morgan fingerprint density at radius 1 is 0.364 bits per heavy atom. The number of unbranched alkanes of at least 4 members (excludes halogenated alkanes) is 13. The van der Waals surface area contributed by atoms with Crippen molar-refractivity contribution in [3.63, 3.8) is 0 Å². The number of carboxylic acid groups (broad SMARTS) is 5. The highest BCUT2D eigenvalue weighted by atomic mass is 16.5. The Hall–Kier alpha value is -5.43. The fourth-order valence-electron chi connectivity index (χ4n) is 7.93. The van der Waals surface area contributed by atoms with Gasteiger partial charge in [0.2, 0.25) is 17.7 Å². The molecular weight excluding hydrogens is 1010 g/mol. The van der Waals surface area contributed by atoms with Crippen LogP contribution in [0.15, 0.2) is 0 Å². The molecule has 0 aliphatic heterocycles. The van der Waals surface area contributed by atoms with E-state index in [1.54, 1.807) is 7.05 Å². The smallest absolute Gasteiger partial charge is 0.326 e. The lowest BCUT2D eigenvalue weighted by Gasteiger charge is -2.15. The SMILES string of the molecule is CN[C@@H](CCCCCC(=O)CC[C@H](CC(=O)CC[C@H](NC(=O)COCCOCCNC(=O)COCCOCCCC(=O)CC[C@H](NC(=O)CCCCCCCCCCCCCCC(=O)O)C(=O)O)C(=O)O)C(=O)O)C(=O)O. The number of ketones is 3. The molecule has 3 amide bonds. The van der Waals surface area contributed by atoms with Crippen LogP contribution in [0.25, 0.3) is 0 Å². The lowest BCUT2D eigenvalue weighted by atomic mass is 9.93. The molecule has 24 nitrogen and oxygen atoms in total. The number of Topliss-reactive ketones (excluding diaryl/α,β-unsaturated/α-hetero) is 3. The van der Waals surface area contributed by atoms with E-state index in [9.17, 15) is 68.1 Å². The van der Waals surface area contributed by atoms with Gasteiger partial charge in [-0.25, -0.2) is 9.59 Å². The van der Waals surface area contributed by atoms with Gasteiger partial charge in [0, 0.05) is 64.5 Å². The summed E-state index contributed by atoms with van der Waals surface area (Å²) in [5.74, 6) is -9.06. The molecular formula is C53H90N4O20. The van der Waals surface area contributed by atoms with Gasteiger partial charge in [-0.15, -0.1) is 0 Å². The monoisotopic (exact) mass is 1100 g/mol. The van der Waals surface area contributed by atoms with Crippen LogP contribution in [-0.2, 0) is 71.7 Å². The van der Waals surface area contributed by atoms with Gasteiger partial charge in [0.1, 0.15) is 48.7 Å². The maximum absolute atomic E-state index is 12.6. The molecule has 0 spiro atoms. The third-order valence-corrected chi connectivity index (χ3v) is 12.4. The highest BCUT2D eigenvalue weighted by Crippen LogP contribution is 2.18. The maximum Gasteiger partial charge on any atom is 0.326 e. The first-order chi connectivity index (χ1) is 36.9. The second-order valence-electron chi connectivity index (χ2n) is 19.1. The average molecular weight is 1100 g/mol. The van der Waals surface area contributed by atoms with Crippen LogP contribution in [0.1, 0.15) is 180 Å². The summed E-state index contributed by atoms with van der Waals surface area (Å²) in [7, 11) is 1.55. The fourth-order valence-corrected chi connectivity index (χ4v) is 7.93. The zero-order valence-corrected chi connectivity index (χ0v) is 45.3. The number of aliphatic carboxylic acids is 5. The van der Waals surface area contributed by atoms with E-state index in [1.807, 2.05) is 0 Å². The molecule has 0 unspecified atom stereocenters. The Balaban J connectivity index is 3.99. The third-order valence-electron chi connectivity index (χ3n) is 12.4. The lowest BCUT2D eigenvalue weighted by molar-refractivity contribution is -0.145. The van der Waals surface area contributed by atoms with Crippen molar-refractivity contribution in [2.24, 2.45) is 5.92 Å². The number of likely N-dealkylation sites (N-methyl/N-ethyl adjacent to an activating group) is 1. The van der Waals surface area contributed by atoms with Crippen molar-refractivity contribution in [1.29, 1.82) is 0 Å². The van der Waals surface area contributed by atoms with Crippen molar-refractivity contribution in [3.05, 3.63) is 0 Å². The van der Waals surface area contributed by atoms with E-state index >= 15 is 0 Å². The number of ether oxygens (including phenoxy) is 4. The van der Waals surface area contributed by atoms with Gasteiger partial charge in [0.25, 0.3) is 0 Å². The predicted octanol–water partition coefficient (Wildman–Crippen LogP) is 4.40. The van der Waals surface area contributed by atoms with Crippen LogP contribution in [0.5, 0.6) is 0 Å². The minimum atomic E-state index is -1.44. The number of carbonyl (C=O) groups is 11. The topological polar surface area (TPSA) is 374 Å². The normalized spacial score (nSPS) is 12.7. The quantitative estimate of drug-likeness (QED) is 0.0381. The molecule has 0 heterocycles. The molecule has 9 N–H and O–H groups in total. The fraction of sp³-hybridized carbons (Fsp3) is 0.792. The molecule has 442 valence electrons. The van der Waals surface area contributed by atoms with Crippen molar-refractivity contribution in [2.75, 3.05) is 66.4 Å². The molecule has 0 aromatic carbocycles. The standard InChI is InChI=1S/C53H90N4O20/c1-54-43(51(68)69)20-14-12-13-18-40(58)24-23-39(50(66)67)36-42(60)26-28-45(53(72)73)57-48(63)38-77-35-33-75-31-29-55-47(62)37-76-34-32-74-30-17-19-41(59)25-27-44(52(70)71)56-46(61)21-15-10-8-6-4-2-3-5-7-9-11-16-22-49(64)65/h39,43-45,54H,2-38H2,1H3,(H,55,62)(H,56,61)(H,57,63)(H,64,65)(H,66,67)(H,68,69)(H,70,71)(H,72,73)/t39-,43+,44+,45+/m1/s1. The summed E-state index contributed by atoms with van der Waals surface area (Å²) >= 11 is 0. The highest BCUT2D eigenvalue weighted by molar-refractivity contribution is 5.87. The zero-order chi connectivity index (χ0) is 57.5. The molecule has 0 aromatic heterocycles. The Morgan fingerprint density at radius 3 is 1.31 bits per heavy atom. The van der Waals surface area contributed by atoms with Crippen LogP contribution in [0, 0.1) is 5.92 Å². The number of carbonyl (C=O) groups excluding carboxylic acids is 6. The molecule has 0 aliphatic rings. The zero-order valence-electron chi connectivity index (χ0n) is 45.3. The molecule has 0 bridgehead atoms. The molecule has 24 heteroatoms. The summed E-state index contributed by atoms with van der Waals surface area (Å²) in [5.41, 5.74) is 0. The van der Waals surface area contributed by atoms with E-state index in [0.29, 0.717) is 38.5 Å². The molecule has 0 radical (unpaired) electrons. The van der Waals surface area contributed by atoms with E-state index < -0.39 is 84.5 Å². The number of amides is 3. The van der Waals surface area contributed by atoms with Crippen molar-refractivity contribution >= 4 is 64.9 Å². The summed E-state index contributed by atoms with van der Waals surface area (Å²) in [6.45, 7) is 0.0905. The third kappa shape index (κ3) is 44.3. The molecule has 0 aromatic rings. The van der Waals surface area contributed by atoms with Gasteiger partial charge in [0.15, 0.2) is 0 Å². The van der Waals surface area contributed by atoms with Gasteiger partial charge >= 0.3 is 29.8 Å². The van der Waals surface area contributed by atoms with Gasteiger partial charge in [-0.3, -0.25) is 43.2 Å². The van der Waals surface area contributed by atoms with Crippen molar-refractivity contribution in [1.82, 2.24) is 21.3 Å². The first-order valence-corrected chi connectivity index (χ1v) is 27.4. The molecule has 4 atom stereocenters. The number of hydrogen-bond acceptors (Lipinski definition) is 16. The van der Waals surface area contributed by atoms with Crippen LogP contribution in [0.3, 0.4) is 0 Å². The number of hydrogen-bond donors (Lipinski definition) is 9. The minimum Gasteiger partial charge on any atom is -0.481 e. The second-order valence-corrected chi connectivity index (χ2v) is 19.1. The van der Waals surface area contributed by atoms with E-state index in [1.165, 1.54) is 0 Å². The first-order valence-electron chi connectivity index (χ1n) is 27.4. The van der Waals surface area contributed by atoms with Gasteiger partial charge in [-0.1, -0.05) is 77.0 Å². The Bertz CT molecular complexity index is 1750. The van der Waals surface area contributed by atoms with E-state index in [0.717, 1.165) is 70.6 Å². The molecule has 0 aliphatic carbocycles. The minimum absolute atomic E-state index is 0.00179. The van der Waals surface area contributed by atoms with Crippen LogP contribution in [0.4, 0.5) is 0 Å². The lowest BCUT2D eigenvalue weighted by Crippen LogP contribution is -2.43. The van der Waals surface area contributed by atoms with E-state index in [-0.39, 0.29) is 134 Å². The van der Waals surface area contributed by atoms with E-state index in [2.05, 4.69) is 21.3 Å². The van der Waals surface area contributed by atoms with Gasteiger partial charge < -0.3 is 65.7 Å². The molecule has 0 rings (SSSR count).